The van der Waals surface area contributed by atoms with E-state index in [1.54, 1.807) is 0 Å². The molecule has 0 aliphatic carbocycles. The predicted molar refractivity (Wildman–Crippen MR) is 73.1 cm³/mol. The second-order valence-electron chi connectivity index (χ2n) is 4.97. The van der Waals surface area contributed by atoms with E-state index in [0.717, 1.165) is 31.0 Å². The van der Waals surface area contributed by atoms with Gasteiger partial charge in [-0.3, -0.25) is 4.98 Å². The van der Waals surface area contributed by atoms with Gasteiger partial charge in [0.05, 0.1) is 5.69 Å². The highest BCUT2D eigenvalue weighted by Crippen LogP contribution is 2.02. The zero-order chi connectivity index (χ0) is 12.7. The quantitative estimate of drug-likeness (QED) is 0.734. The number of nitrogens with one attached hydrogen (secondary N) is 1. The zero-order valence-electron chi connectivity index (χ0n) is 11.5. The summed E-state index contributed by atoms with van der Waals surface area (Å²) in [7, 11) is 2.15. The summed E-state index contributed by atoms with van der Waals surface area (Å²) in [6.07, 6.45) is 1.18. The summed E-state index contributed by atoms with van der Waals surface area (Å²) in [6, 6.07) is 6.79. The van der Waals surface area contributed by atoms with Gasteiger partial charge in [-0.25, -0.2) is 0 Å². The Morgan fingerprint density at radius 1 is 1.35 bits per heavy atom. The second kappa shape index (κ2) is 7.41. The molecule has 0 fully saturated rings. The van der Waals surface area contributed by atoms with Crippen LogP contribution in [-0.4, -0.2) is 36.1 Å². The van der Waals surface area contributed by atoms with Crippen molar-refractivity contribution in [1.29, 1.82) is 0 Å². The summed E-state index contributed by atoms with van der Waals surface area (Å²) in [6.45, 7) is 9.53. The van der Waals surface area contributed by atoms with E-state index in [0.29, 0.717) is 6.04 Å². The minimum atomic E-state index is 0.582. The Hall–Kier alpha value is -0.930. The molecule has 0 bridgehead atoms. The number of aryl methyl sites for hydroxylation is 1. The molecule has 0 saturated heterocycles. The van der Waals surface area contributed by atoms with Crippen molar-refractivity contribution in [3.8, 4) is 0 Å². The van der Waals surface area contributed by atoms with Gasteiger partial charge < -0.3 is 10.2 Å². The van der Waals surface area contributed by atoms with E-state index in [-0.39, 0.29) is 0 Å². The van der Waals surface area contributed by atoms with Gasteiger partial charge in [0, 0.05) is 18.3 Å². The largest absolute Gasteiger partial charge is 0.314 e. The molecule has 1 rings (SSSR count). The van der Waals surface area contributed by atoms with Crippen molar-refractivity contribution in [3.05, 3.63) is 29.6 Å². The first-order valence-electron chi connectivity index (χ1n) is 6.42. The van der Waals surface area contributed by atoms with Crippen LogP contribution in [0, 0.1) is 6.92 Å². The maximum Gasteiger partial charge on any atom is 0.0547 e. The number of hydrogen-bond donors (Lipinski definition) is 1. The molecule has 0 aliphatic rings. The smallest absolute Gasteiger partial charge is 0.0547 e. The molecule has 17 heavy (non-hydrogen) atoms. The fourth-order valence-corrected chi connectivity index (χ4v) is 1.78. The molecule has 3 heteroatoms. The molecule has 0 aromatic carbocycles. The molecule has 0 saturated carbocycles. The summed E-state index contributed by atoms with van der Waals surface area (Å²) >= 11 is 0. The van der Waals surface area contributed by atoms with Crippen LogP contribution < -0.4 is 5.32 Å². The summed E-state index contributed by atoms with van der Waals surface area (Å²) in [5, 5.41) is 3.43. The van der Waals surface area contributed by atoms with Crippen LogP contribution >= 0.6 is 0 Å². The minimum Gasteiger partial charge on any atom is -0.314 e. The van der Waals surface area contributed by atoms with Gasteiger partial charge in [-0.15, -0.1) is 0 Å². The molecule has 0 amide bonds. The molecule has 1 N–H and O–H groups in total. The SMILES string of the molecule is Cc1cccc(CN(C)CCCNC(C)C)n1. The highest BCUT2D eigenvalue weighted by molar-refractivity contribution is 5.09. The molecule has 1 aromatic rings. The van der Waals surface area contributed by atoms with Gasteiger partial charge in [-0.2, -0.15) is 0 Å². The van der Waals surface area contributed by atoms with Crippen LogP contribution in [-0.2, 0) is 6.54 Å². The van der Waals surface area contributed by atoms with Crippen LogP contribution in [0.4, 0.5) is 0 Å². The van der Waals surface area contributed by atoms with E-state index in [1.165, 1.54) is 6.42 Å². The maximum absolute atomic E-state index is 4.51. The normalized spacial score (nSPS) is 11.4. The average molecular weight is 235 g/mol. The lowest BCUT2D eigenvalue weighted by Gasteiger charge is -2.17. The van der Waals surface area contributed by atoms with E-state index in [2.05, 4.69) is 48.2 Å². The molecular formula is C14H25N3. The monoisotopic (exact) mass is 235 g/mol. The van der Waals surface area contributed by atoms with Crippen LogP contribution in [0.25, 0.3) is 0 Å². The first kappa shape index (κ1) is 14.1. The molecule has 0 atom stereocenters. The molecule has 96 valence electrons. The van der Waals surface area contributed by atoms with E-state index in [4.69, 9.17) is 0 Å². The topological polar surface area (TPSA) is 28.2 Å². The van der Waals surface area contributed by atoms with E-state index < -0.39 is 0 Å². The third-order valence-electron chi connectivity index (χ3n) is 2.65. The molecule has 1 heterocycles. The third-order valence-corrected chi connectivity index (χ3v) is 2.65. The molecule has 0 unspecified atom stereocenters. The van der Waals surface area contributed by atoms with Gasteiger partial charge in [-0.1, -0.05) is 19.9 Å². The van der Waals surface area contributed by atoms with Gasteiger partial charge in [0.1, 0.15) is 0 Å². The summed E-state index contributed by atoms with van der Waals surface area (Å²) in [5.41, 5.74) is 2.25. The third kappa shape index (κ3) is 6.39. The van der Waals surface area contributed by atoms with Crippen molar-refractivity contribution in [1.82, 2.24) is 15.2 Å². The van der Waals surface area contributed by atoms with Crippen LogP contribution in [0.5, 0.6) is 0 Å². The Labute approximate surface area is 105 Å². The lowest BCUT2D eigenvalue weighted by molar-refractivity contribution is 0.314. The highest BCUT2D eigenvalue weighted by atomic mass is 15.1. The van der Waals surface area contributed by atoms with Crippen molar-refractivity contribution >= 4 is 0 Å². The van der Waals surface area contributed by atoms with Crippen molar-refractivity contribution in [2.45, 2.75) is 39.8 Å². The summed E-state index contributed by atoms with van der Waals surface area (Å²) in [4.78, 5) is 6.84. The van der Waals surface area contributed by atoms with Gasteiger partial charge in [0.15, 0.2) is 0 Å². The lowest BCUT2D eigenvalue weighted by atomic mass is 10.3. The van der Waals surface area contributed by atoms with Gasteiger partial charge >= 0.3 is 0 Å². The van der Waals surface area contributed by atoms with Crippen molar-refractivity contribution in [2.75, 3.05) is 20.1 Å². The number of aromatic nitrogens is 1. The zero-order valence-corrected chi connectivity index (χ0v) is 11.5. The van der Waals surface area contributed by atoms with E-state index in [9.17, 15) is 0 Å². The number of pyridine rings is 1. The molecule has 3 nitrogen and oxygen atoms in total. The van der Waals surface area contributed by atoms with Gasteiger partial charge in [0.25, 0.3) is 0 Å². The van der Waals surface area contributed by atoms with Crippen LogP contribution in [0.1, 0.15) is 31.7 Å². The Kier molecular flexibility index (Phi) is 6.16. The minimum absolute atomic E-state index is 0.582. The van der Waals surface area contributed by atoms with Gasteiger partial charge in [0.2, 0.25) is 0 Å². The standard InChI is InChI=1S/C14H25N3/c1-12(2)15-9-6-10-17(4)11-14-8-5-7-13(3)16-14/h5,7-8,12,15H,6,9-11H2,1-4H3. The van der Waals surface area contributed by atoms with Gasteiger partial charge in [-0.05, 0) is 45.6 Å². The molecule has 0 spiro atoms. The van der Waals surface area contributed by atoms with Crippen molar-refractivity contribution in [2.24, 2.45) is 0 Å². The first-order valence-corrected chi connectivity index (χ1v) is 6.42. The number of hydrogen-bond acceptors (Lipinski definition) is 3. The summed E-state index contributed by atoms with van der Waals surface area (Å²) < 4.78 is 0. The second-order valence-corrected chi connectivity index (χ2v) is 4.97. The Balaban J connectivity index is 2.23. The number of nitrogens with zero attached hydrogens (tertiary/aromatic N) is 2. The first-order chi connectivity index (χ1) is 8.08. The average Bonchev–Trinajstić information content (AvgIpc) is 2.24. The molecule has 0 aliphatic heterocycles. The van der Waals surface area contributed by atoms with Crippen LogP contribution in [0.15, 0.2) is 18.2 Å². The summed E-state index contributed by atoms with van der Waals surface area (Å²) in [5.74, 6) is 0. The van der Waals surface area contributed by atoms with Crippen molar-refractivity contribution < 1.29 is 0 Å². The Morgan fingerprint density at radius 2 is 2.12 bits per heavy atom. The van der Waals surface area contributed by atoms with Crippen molar-refractivity contribution in [3.63, 3.8) is 0 Å². The van der Waals surface area contributed by atoms with Crippen LogP contribution in [0.3, 0.4) is 0 Å². The Bertz CT molecular complexity index is 323. The Morgan fingerprint density at radius 3 is 2.76 bits per heavy atom. The van der Waals surface area contributed by atoms with E-state index in [1.807, 2.05) is 13.0 Å². The number of rotatable bonds is 7. The lowest BCUT2D eigenvalue weighted by Crippen LogP contribution is -2.27. The highest BCUT2D eigenvalue weighted by Gasteiger charge is 2.01. The predicted octanol–water partition coefficient (Wildman–Crippen LogP) is 2.21. The fourth-order valence-electron chi connectivity index (χ4n) is 1.78. The maximum atomic E-state index is 4.51. The van der Waals surface area contributed by atoms with E-state index >= 15 is 0 Å². The molecular weight excluding hydrogens is 210 g/mol. The fraction of sp³-hybridized carbons (Fsp3) is 0.643. The van der Waals surface area contributed by atoms with Crippen LogP contribution in [0.2, 0.25) is 0 Å². The molecule has 1 aromatic heterocycles. The molecule has 0 radical (unpaired) electrons.